The molecule has 0 spiro atoms. The van der Waals surface area contributed by atoms with E-state index < -0.39 is 5.97 Å². The van der Waals surface area contributed by atoms with E-state index in [2.05, 4.69) is 34.9 Å². The van der Waals surface area contributed by atoms with Crippen LogP contribution in [0, 0.1) is 0 Å². The summed E-state index contributed by atoms with van der Waals surface area (Å²) in [7, 11) is 0. The summed E-state index contributed by atoms with van der Waals surface area (Å²) in [5, 5.41) is 13.5. The van der Waals surface area contributed by atoms with Gasteiger partial charge in [-0.1, -0.05) is 13.8 Å². The molecule has 2 heterocycles. The van der Waals surface area contributed by atoms with Crippen molar-refractivity contribution in [2.75, 3.05) is 0 Å². The molecule has 0 aliphatic carbocycles. The number of rotatable bonds is 6. The average Bonchev–Trinajstić information content (AvgIpc) is 3.00. The predicted octanol–water partition coefficient (Wildman–Crippen LogP) is 3.55. The van der Waals surface area contributed by atoms with Crippen LogP contribution < -0.4 is 0 Å². The van der Waals surface area contributed by atoms with Crippen LogP contribution >= 0.6 is 15.9 Å². The maximum absolute atomic E-state index is 10.9. The zero-order valence-corrected chi connectivity index (χ0v) is 13.2. The molecule has 0 bridgehead atoms. The Morgan fingerprint density at radius 3 is 2.70 bits per heavy atom. The molecule has 0 aromatic carbocycles. The zero-order chi connectivity index (χ0) is 14.7. The van der Waals surface area contributed by atoms with Gasteiger partial charge in [-0.25, -0.2) is 4.79 Å². The molecule has 0 atom stereocenters. The molecule has 6 heteroatoms. The van der Waals surface area contributed by atoms with Gasteiger partial charge in [0.25, 0.3) is 0 Å². The highest BCUT2D eigenvalue weighted by molar-refractivity contribution is 9.10. The van der Waals surface area contributed by atoms with Crippen molar-refractivity contribution in [3.8, 4) is 0 Å². The van der Waals surface area contributed by atoms with E-state index in [1.807, 2.05) is 21.5 Å². The van der Waals surface area contributed by atoms with Crippen LogP contribution in [0.5, 0.6) is 0 Å². The number of aromatic carboxylic acids is 1. The maximum atomic E-state index is 10.9. The summed E-state index contributed by atoms with van der Waals surface area (Å²) in [4.78, 5) is 10.9. The lowest BCUT2D eigenvalue weighted by atomic mass is 10.2. The summed E-state index contributed by atoms with van der Waals surface area (Å²) in [5.74, 6) is -0.924. The van der Waals surface area contributed by atoms with Gasteiger partial charge in [0.2, 0.25) is 0 Å². The van der Waals surface area contributed by atoms with E-state index in [-0.39, 0.29) is 5.56 Å². The quantitative estimate of drug-likeness (QED) is 0.875. The molecule has 20 heavy (non-hydrogen) atoms. The molecule has 0 amide bonds. The molecule has 0 radical (unpaired) electrons. The van der Waals surface area contributed by atoms with Gasteiger partial charge in [0.05, 0.1) is 28.4 Å². The van der Waals surface area contributed by atoms with E-state index in [1.165, 1.54) is 0 Å². The minimum Gasteiger partial charge on any atom is -0.478 e. The van der Waals surface area contributed by atoms with E-state index >= 15 is 0 Å². The lowest BCUT2D eigenvalue weighted by Gasteiger charge is -2.12. The minimum absolute atomic E-state index is 0.274. The van der Waals surface area contributed by atoms with Crippen molar-refractivity contribution in [3.63, 3.8) is 0 Å². The third-order valence-electron chi connectivity index (χ3n) is 3.40. The predicted molar refractivity (Wildman–Crippen MR) is 80.0 cm³/mol. The van der Waals surface area contributed by atoms with Gasteiger partial charge in [-0.15, -0.1) is 0 Å². The van der Waals surface area contributed by atoms with E-state index in [4.69, 9.17) is 5.11 Å². The van der Waals surface area contributed by atoms with Crippen molar-refractivity contribution >= 4 is 21.9 Å². The van der Waals surface area contributed by atoms with E-state index in [0.717, 1.165) is 23.1 Å². The lowest BCUT2D eigenvalue weighted by Crippen LogP contribution is -2.08. The third-order valence-corrected chi connectivity index (χ3v) is 4.09. The van der Waals surface area contributed by atoms with Gasteiger partial charge in [-0.3, -0.25) is 4.68 Å². The van der Waals surface area contributed by atoms with Crippen molar-refractivity contribution in [3.05, 3.63) is 40.4 Å². The normalized spacial score (nSPS) is 11.2. The standard InChI is InChI=1S/C14H18BrN3O2/c1-3-12(4-2)18-6-5-11(16-18)9-17-8-10(14(19)20)7-13(17)15/h5-8,12H,3-4,9H2,1-2H3,(H,19,20). The van der Waals surface area contributed by atoms with Gasteiger partial charge < -0.3 is 9.67 Å². The molecule has 2 aromatic heterocycles. The zero-order valence-electron chi connectivity index (χ0n) is 11.6. The second-order valence-corrected chi connectivity index (χ2v) is 5.55. The number of hydrogen-bond acceptors (Lipinski definition) is 2. The Morgan fingerprint density at radius 1 is 1.45 bits per heavy atom. The highest BCUT2D eigenvalue weighted by atomic mass is 79.9. The number of hydrogen-bond donors (Lipinski definition) is 1. The van der Waals surface area contributed by atoms with Gasteiger partial charge in [0, 0.05) is 12.4 Å². The minimum atomic E-state index is -0.924. The van der Waals surface area contributed by atoms with Gasteiger partial charge >= 0.3 is 5.97 Å². The Bertz CT molecular complexity index is 599. The first-order valence-corrected chi connectivity index (χ1v) is 7.47. The topological polar surface area (TPSA) is 60.0 Å². The first-order chi connectivity index (χ1) is 9.55. The third kappa shape index (κ3) is 3.12. The summed E-state index contributed by atoms with van der Waals surface area (Å²) in [6, 6.07) is 4.00. The molecule has 0 saturated carbocycles. The van der Waals surface area contributed by atoms with E-state index in [9.17, 15) is 4.79 Å². The molecular weight excluding hydrogens is 322 g/mol. The fourth-order valence-electron chi connectivity index (χ4n) is 2.22. The first-order valence-electron chi connectivity index (χ1n) is 6.68. The summed E-state index contributed by atoms with van der Waals surface area (Å²) >= 11 is 3.37. The Balaban J connectivity index is 2.16. The fraction of sp³-hybridized carbons (Fsp3) is 0.429. The molecule has 0 aliphatic heterocycles. The number of carboxylic acid groups (broad SMARTS) is 1. The number of aromatic nitrogens is 3. The Morgan fingerprint density at radius 2 is 2.15 bits per heavy atom. The number of halogens is 1. The van der Waals surface area contributed by atoms with Crippen molar-refractivity contribution in [1.29, 1.82) is 0 Å². The number of nitrogens with zero attached hydrogens (tertiary/aromatic N) is 3. The molecule has 0 fully saturated rings. The fourth-order valence-corrected chi connectivity index (χ4v) is 2.69. The van der Waals surface area contributed by atoms with Crippen LogP contribution in [0.25, 0.3) is 0 Å². The second kappa shape index (κ2) is 6.26. The first kappa shape index (κ1) is 14.8. The SMILES string of the molecule is CCC(CC)n1ccc(Cn2cc(C(=O)O)cc2Br)n1. The van der Waals surface area contributed by atoms with Crippen molar-refractivity contribution in [2.24, 2.45) is 0 Å². The highest BCUT2D eigenvalue weighted by Gasteiger charge is 2.12. The Hall–Kier alpha value is -1.56. The molecule has 0 saturated heterocycles. The van der Waals surface area contributed by atoms with Gasteiger partial charge in [0.1, 0.15) is 0 Å². The van der Waals surface area contributed by atoms with Crippen LogP contribution in [0.15, 0.2) is 29.1 Å². The summed E-state index contributed by atoms with van der Waals surface area (Å²) in [6.07, 6.45) is 5.70. The number of carboxylic acids is 1. The van der Waals surface area contributed by atoms with E-state index in [0.29, 0.717) is 12.6 Å². The van der Waals surface area contributed by atoms with Crippen molar-refractivity contribution < 1.29 is 9.90 Å². The monoisotopic (exact) mass is 339 g/mol. The average molecular weight is 340 g/mol. The van der Waals surface area contributed by atoms with Crippen molar-refractivity contribution in [1.82, 2.24) is 14.3 Å². The molecule has 108 valence electrons. The van der Waals surface area contributed by atoms with Crippen LogP contribution in [0.1, 0.15) is 48.8 Å². The van der Waals surface area contributed by atoms with Crippen LogP contribution in [-0.4, -0.2) is 25.4 Å². The van der Waals surface area contributed by atoms with Crippen LogP contribution in [-0.2, 0) is 6.54 Å². The molecule has 2 rings (SSSR count). The summed E-state index contributed by atoms with van der Waals surface area (Å²) in [5.41, 5.74) is 1.20. The van der Waals surface area contributed by atoms with Crippen LogP contribution in [0.3, 0.4) is 0 Å². The molecule has 5 nitrogen and oxygen atoms in total. The summed E-state index contributed by atoms with van der Waals surface area (Å²) in [6.45, 7) is 4.86. The smallest absolute Gasteiger partial charge is 0.337 e. The molecular formula is C14H18BrN3O2. The van der Waals surface area contributed by atoms with Gasteiger partial charge in [-0.2, -0.15) is 5.10 Å². The molecule has 0 unspecified atom stereocenters. The molecule has 2 aromatic rings. The van der Waals surface area contributed by atoms with Gasteiger partial charge in [-0.05, 0) is 40.9 Å². The second-order valence-electron chi connectivity index (χ2n) is 4.74. The summed E-state index contributed by atoms with van der Waals surface area (Å²) < 4.78 is 4.57. The largest absolute Gasteiger partial charge is 0.478 e. The van der Waals surface area contributed by atoms with Crippen LogP contribution in [0.2, 0.25) is 0 Å². The lowest BCUT2D eigenvalue weighted by molar-refractivity contribution is 0.0697. The Labute approximate surface area is 126 Å². The van der Waals surface area contributed by atoms with Crippen LogP contribution in [0.4, 0.5) is 0 Å². The molecule has 0 aliphatic rings. The Kier molecular flexibility index (Phi) is 4.65. The molecule has 1 N–H and O–H groups in total. The van der Waals surface area contributed by atoms with Gasteiger partial charge in [0.15, 0.2) is 0 Å². The maximum Gasteiger partial charge on any atom is 0.337 e. The highest BCUT2D eigenvalue weighted by Crippen LogP contribution is 2.18. The number of carbonyl (C=O) groups is 1. The van der Waals surface area contributed by atoms with E-state index in [1.54, 1.807) is 12.3 Å². The van der Waals surface area contributed by atoms with Crippen molar-refractivity contribution in [2.45, 2.75) is 39.3 Å².